The molecule has 1 aliphatic carbocycles. The quantitative estimate of drug-likeness (QED) is 0.498. The second-order valence-electron chi connectivity index (χ2n) is 7.03. The van der Waals surface area contributed by atoms with E-state index >= 15 is 0 Å². The number of ether oxygens (including phenoxy) is 1. The van der Waals surface area contributed by atoms with E-state index in [4.69, 9.17) is 4.74 Å². The maximum absolute atomic E-state index is 11.5. The molecule has 1 unspecified atom stereocenters. The molecule has 0 saturated carbocycles. The summed E-state index contributed by atoms with van der Waals surface area (Å²) in [5, 5.41) is 3.12. The Balaban J connectivity index is 0.000000527. The molecule has 1 N–H and O–H groups in total. The predicted octanol–water partition coefficient (Wildman–Crippen LogP) is 6.05. The Hall–Kier alpha value is -2.55. The molecule has 3 heteroatoms. The van der Waals surface area contributed by atoms with Gasteiger partial charge < -0.3 is 10.1 Å². The number of likely N-dealkylation sites (N-methyl/N-ethyl adjacent to an activating group) is 1. The molecule has 3 rings (SSSR count). The molecule has 0 saturated heterocycles. The van der Waals surface area contributed by atoms with Crippen LogP contribution in [0.3, 0.4) is 0 Å². The number of benzene rings is 1. The zero-order valence-electron chi connectivity index (χ0n) is 18.8. The van der Waals surface area contributed by atoms with Crippen LogP contribution in [0.15, 0.2) is 54.8 Å². The van der Waals surface area contributed by atoms with Crippen LogP contribution in [0.4, 0.5) is 0 Å². The Kier molecular flexibility index (Phi) is 10.8. The first kappa shape index (κ1) is 24.5. The van der Waals surface area contributed by atoms with E-state index in [1.165, 1.54) is 16.7 Å². The summed E-state index contributed by atoms with van der Waals surface area (Å²) in [5.74, 6) is 1.55. The lowest BCUT2D eigenvalue weighted by Gasteiger charge is -2.26. The zero-order valence-corrected chi connectivity index (χ0v) is 18.8. The second-order valence-corrected chi connectivity index (χ2v) is 7.03. The fourth-order valence-corrected chi connectivity index (χ4v) is 3.63. The number of nitrogens with one attached hydrogen (secondary N) is 1. The van der Waals surface area contributed by atoms with E-state index in [2.05, 4.69) is 37.5 Å². The van der Waals surface area contributed by atoms with Gasteiger partial charge in [0.25, 0.3) is 0 Å². The van der Waals surface area contributed by atoms with Gasteiger partial charge in [-0.3, -0.25) is 4.79 Å². The summed E-state index contributed by atoms with van der Waals surface area (Å²) in [4.78, 5) is 11.5. The normalized spacial score (nSPS) is 17.2. The molecule has 1 atom stereocenters. The van der Waals surface area contributed by atoms with Gasteiger partial charge in [-0.15, -0.1) is 0 Å². The molecule has 0 spiro atoms. The van der Waals surface area contributed by atoms with Crippen LogP contribution in [-0.4, -0.2) is 19.9 Å². The standard InChI is InChI=1S/C19H23NO2.C5H8.C2H6/c1-12-8-9-22-17-7-6-14-4-5-15(11-21)18(13(2)20-3)19(14)16(17)10-12;1-3-5-4-2;1-2/h6-7,11-12,20H,2,4-5,8-10H2,1,3H3;3-5H,1H2,2H3;1-2H3/b;5-4-;. The van der Waals surface area contributed by atoms with Crippen molar-refractivity contribution < 1.29 is 9.53 Å². The van der Waals surface area contributed by atoms with Gasteiger partial charge in [0.1, 0.15) is 12.0 Å². The van der Waals surface area contributed by atoms with Crippen LogP contribution >= 0.6 is 0 Å². The van der Waals surface area contributed by atoms with Crippen LogP contribution in [0.5, 0.6) is 5.75 Å². The molecule has 2 aliphatic rings. The van der Waals surface area contributed by atoms with Crippen molar-refractivity contribution in [2.75, 3.05) is 13.7 Å². The van der Waals surface area contributed by atoms with E-state index in [1.807, 2.05) is 40.0 Å². The number of hydrogen-bond donors (Lipinski definition) is 1. The molecule has 1 aromatic rings. The Morgan fingerprint density at radius 1 is 1.28 bits per heavy atom. The molecule has 0 amide bonds. The summed E-state index contributed by atoms with van der Waals surface area (Å²) in [6.45, 7) is 16.6. The van der Waals surface area contributed by atoms with Crippen LogP contribution in [0.2, 0.25) is 0 Å². The minimum Gasteiger partial charge on any atom is -0.493 e. The Labute approximate surface area is 177 Å². The average molecular weight is 396 g/mol. The molecular weight excluding hydrogens is 358 g/mol. The van der Waals surface area contributed by atoms with Crippen LogP contribution in [0.25, 0.3) is 5.57 Å². The number of aryl methyl sites for hydroxylation is 1. The molecule has 0 fully saturated rings. The highest BCUT2D eigenvalue weighted by Crippen LogP contribution is 2.41. The van der Waals surface area contributed by atoms with E-state index in [-0.39, 0.29) is 0 Å². The van der Waals surface area contributed by atoms with Crippen molar-refractivity contribution in [1.29, 1.82) is 0 Å². The van der Waals surface area contributed by atoms with E-state index < -0.39 is 0 Å². The highest BCUT2D eigenvalue weighted by atomic mass is 16.5. The van der Waals surface area contributed by atoms with Crippen molar-refractivity contribution in [2.45, 2.75) is 53.4 Å². The summed E-state index contributed by atoms with van der Waals surface area (Å²) in [7, 11) is 1.85. The number of hydrogen-bond acceptors (Lipinski definition) is 3. The van der Waals surface area contributed by atoms with Gasteiger partial charge in [0.15, 0.2) is 0 Å². The zero-order chi connectivity index (χ0) is 21.8. The van der Waals surface area contributed by atoms with Gasteiger partial charge in [0.05, 0.1) is 6.61 Å². The summed E-state index contributed by atoms with van der Waals surface area (Å²) in [5.41, 5.74) is 6.36. The number of allylic oxidation sites excluding steroid dienone is 5. The number of carbonyl (C=O) groups is 1. The van der Waals surface area contributed by atoms with Gasteiger partial charge in [0, 0.05) is 29.5 Å². The molecular formula is C26H37NO2. The summed E-state index contributed by atoms with van der Waals surface area (Å²) in [6.07, 6.45) is 10.3. The molecule has 1 heterocycles. The number of aldehydes is 1. The maximum atomic E-state index is 11.5. The smallest absolute Gasteiger partial charge is 0.146 e. The minimum absolute atomic E-state index is 0.582. The number of carbonyl (C=O) groups excluding carboxylic acids is 1. The fourth-order valence-electron chi connectivity index (χ4n) is 3.63. The van der Waals surface area contributed by atoms with Crippen molar-refractivity contribution in [2.24, 2.45) is 5.92 Å². The summed E-state index contributed by atoms with van der Waals surface area (Å²) in [6, 6.07) is 4.24. The van der Waals surface area contributed by atoms with Crippen LogP contribution in [0, 0.1) is 5.92 Å². The average Bonchev–Trinajstić information content (AvgIpc) is 2.95. The van der Waals surface area contributed by atoms with Crippen molar-refractivity contribution in [3.63, 3.8) is 0 Å². The van der Waals surface area contributed by atoms with E-state index in [9.17, 15) is 4.79 Å². The Bertz CT molecular complexity index is 771. The van der Waals surface area contributed by atoms with E-state index in [1.54, 1.807) is 6.08 Å². The first-order valence-corrected chi connectivity index (χ1v) is 10.6. The summed E-state index contributed by atoms with van der Waals surface area (Å²) >= 11 is 0. The third kappa shape index (κ3) is 6.22. The Morgan fingerprint density at radius 2 is 2.00 bits per heavy atom. The summed E-state index contributed by atoms with van der Waals surface area (Å²) < 4.78 is 5.95. The van der Waals surface area contributed by atoms with E-state index in [0.717, 1.165) is 61.2 Å². The highest BCUT2D eigenvalue weighted by Gasteiger charge is 2.27. The topological polar surface area (TPSA) is 38.3 Å². The fraction of sp³-hybridized carbons (Fsp3) is 0.423. The van der Waals surface area contributed by atoms with Crippen LogP contribution < -0.4 is 10.1 Å². The molecule has 1 aliphatic heterocycles. The minimum atomic E-state index is 0.582. The van der Waals surface area contributed by atoms with Crippen molar-refractivity contribution >= 4 is 11.9 Å². The van der Waals surface area contributed by atoms with Gasteiger partial charge in [-0.1, -0.05) is 58.2 Å². The molecule has 0 radical (unpaired) electrons. The third-order valence-electron chi connectivity index (χ3n) is 5.09. The van der Waals surface area contributed by atoms with Gasteiger partial charge in [-0.05, 0) is 55.7 Å². The monoisotopic (exact) mass is 395 g/mol. The molecule has 29 heavy (non-hydrogen) atoms. The molecule has 0 aromatic heterocycles. The largest absolute Gasteiger partial charge is 0.493 e. The van der Waals surface area contributed by atoms with E-state index in [0.29, 0.717) is 5.92 Å². The lowest BCUT2D eigenvalue weighted by molar-refractivity contribution is -0.105. The van der Waals surface area contributed by atoms with Crippen molar-refractivity contribution in [1.82, 2.24) is 5.32 Å². The predicted molar refractivity (Wildman–Crippen MR) is 125 cm³/mol. The van der Waals surface area contributed by atoms with Crippen molar-refractivity contribution in [3.05, 3.63) is 71.5 Å². The maximum Gasteiger partial charge on any atom is 0.146 e. The molecule has 1 aromatic carbocycles. The first-order chi connectivity index (χ1) is 14.1. The van der Waals surface area contributed by atoms with Crippen LogP contribution in [-0.2, 0) is 17.6 Å². The number of rotatable bonds is 4. The van der Waals surface area contributed by atoms with Gasteiger partial charge in [-0.25, -0.2) is 0 Å². The highest BCUT2D eigenvalue weighted by molar-refractivity contribution is 5.97. The van der Waals surface area contributed by atoms with Gasteiger partial charge in [-0.2, -0.15) is 0 Å². The molecule has 158 valence electrons. The lowest BCUT2D eigenvalue weighted by atomic mass is 9.80. The number of fused-ring (bicyclic) bond motifs is 3. The van der Waals surface area contributed by atoms with Gasteiger partial charge >= 0.3 is 0 Å². The lowest BCUT2D eigenvalue weighted by Crippen LogP contribution is -2.16. The Morgan fingerprint density at radius 3 is 2.55 bits per heavy atom. The van der Waals surface area contributed by atoms with Crippen molar-refractivity contribution in [3.8, 4) is 5.75 Å². The molecule has 0 bridgehead atoms. The third-order valence-corrected chi connectivity index (χ3v) is 5.09. The first-order valence-electron chi connectivity index (χ1n) is 10.6. The SMILES string of the molecule is C=C(NC)C1=C(C=O)CCc2ccc3c(c21)CC(C)CCO3.C=C/C=C\C.CC. The van der Waals surface area contributed by atoms with Gasteiger partial charge in [0.2, 0.25) is 0 Å². The van der Waals surface area contributed by atoms with Crippen LogP contribution in [0.1, 0.15) is 57.2 Å². The molecule has 3 nitrogen and oxygen atoms in total. The second kappa shape index (κ2) is 12.8.